The van der Waals surface area contributed by atoms with E-state index >= 15 is 0 Å². The molecule has 0 radical (unpaired) electrons. The second-order valence-corrected chi connectivity index (χ2v) is 26.0. The van der Waals surface area contributed by atoms with Crippen LogP contribution in [0.1, 0.15) is 54.4 Å². The third-order valence-corrected chi connectivity index (χ3v) is 24.3. The molecule has 212 valence electrons. The molecule has 0 rings (SSSR count). The van der Waals surface area contributed by atoms with Gasteiger partial charge in [-0.1, -0.05) is 50.1 Å². The van der Waals surface area contributed by atoms with Gasteiger partial charge in [0.15, 0.2) is 0 Å². The van der Waals surface area contributed by atoms with Crippen LogP contribution in [0.15, 0.2) is 0 Å². The largest absolute Gasteiger partial charge is 0.500 e. The summed E-state index contributed by atoms with van der Waals surface area (Å²) in [5, 5.41) is 0.634. The summed E-state index contributed by atoms with van der Waals surface area (Å²) in [5.74, 6) is 3.40. The molecular weight excluding hydrogens is 633 g/mol. The van der Waals surface area contributed by atoms with Crippen molar-refractivity contribution in [1.29, 1.82) is 0 Å². The van der Waals surface area contributed by atoms with Crippen molar-refractivity contribution in [2.45, 2.75) is 78.3 Å². The second kappa shape index (κ2) is 26.0. The van der Waals surface area contributed by atoms with E-state index in [1.165, 1.54) is 0 Å². The Kier molecular flexibility index (Phi) is 28.2. The Morgan fingerprint density at radius 3 is 1.57 bits per heavy atom. The maximum absolute atomic E-state index is 5.93. The lowest BCUT2D eigenvalue weighted by Crippen LogP contribution is -2.46. The van der Waals surface area contributed by atoms with E-state index in [0.29, 0.717) is 25.1 Å². The molecule has 0 heterocycles. The molecular formula is C20H46O5S8Si2. The van der Waals surface area contributed by atoms with Crippen molar-refractivity contribution in [3.63, 3.8) is 0 Å². The fraction of sp³-hybridized carbons (Fsp3) is 1.00. The van der Waals surface area contributed by atoms with Crippen molar-refractivity contribution < 1.29 is 22.1 Å². The number of rotatable bonds is 27. The van der Waals surface area contributed by atoms with Gasteiger partial charge >= 0.3 is 17.4 Å². The van der Waals surface area contributed by atoms with Crippen LogP contribution in [0.3, 0.4) is 0 Å². The lowest BCUT2D eigenvalue weighted by Gasteiger charge is -2.28. The van der Waals surface area contributed by atoms with Crippen molar-refractivity contribution in [2.75, 3.05) is 50.3 Å². The van der Waals surface area contributed by atoms with E-state index in [1.54, 1.807) is 0 Å². The Balaban J connectivity index is 3.71. The SMILES string of the molecule is CCO[Si](C)(CCCSSSSCC(C)SSSSCCC[Si](OCC)(OCC)OCC)OCC. The van der Waals surface area contributed by atoms with Crippen LogP contribution in [0.5, 0.6) is 0 Å². The highest BCUT2D eigenvalue weighted by Crippen LogP contribution is 2.48. The maximum Gasteiger partial charge on any atom is 0.500 e. The first kappa shape index (κ1) is 38.0. The van der Waals surface area contributed by atoms with Crippen molar-refractivity contribution in [3.05, 3.63) is 0 Å². The van der Waals surface area contributed by atoms with Crippen LogP contribution in [-0.2, 0) is 22.1 Å². The first-order valence-corrected chi connectivity index (χ1v) is 27.0. The minimum absolute atomic E-state index is 0.634. The molecule has 0 aliphatic heterocycles. The van der Waals surface area contributed by atoms with Crippen LogP contribution < -0.4 is 0 Å². The van der Waals surface area contributed by atoms with Crippen molar-refractivity contribution in [1.82, 2.24) is 0 Å². The summed E-state index contributed by atoms with van der Waals surface area (Å²) < 4.78 is 29.6. The van der Waals surface area contributed by atoms with Crippen LogP contribution in [0, 0.1) is 0 Å². The summed E-state index contributed by atoms with van der Waals surface area (Å²) in [5.41, 5.74) is 0. The Labute approximate surface area is 248 Å². The third kappa shape index (κ3) is 21.4. The predicted molar refractivity (Wildman–Crippen MR) is 179 cm³/mol. The summed E-state index contributed by atoms with van der Waals surface area (Å²) in [6.07, 6.45) is 2.22. The van der Waals surface area contributed by atoms with Crippen molar-refractivity contribution >= 4 is 99.8 Å². The van der Waals surface area contributed by atoms with E-state index < -0.39 is 17.4 Å². The second-order valence-electron chi connectivity index (χ2n) is 7.30. The average Bonchev–Trinajstić information content (AvgIpc) is 2.81. The molecule has 0 fully saturated rings. The standard InChI is InChI=1S/C20H46O5S8Si2/c1-8-21-34(7,22-9-2)17-13-15-26-30-32-28-19-20(6)29-33-31-27-16-14-18-35(23-10-3,24-11-4)25-12-5/h20H,8-19H2,1-7H3. The smallest absolute Gasteiger partial charge is 0.395 e. The monoisotopic (exact) mass is 678 g/mol. The van der Waals surface area contributed by atoms with Gasteiger partial charge in [0.1, 0.15) is 0 Å². The molecule has 0 spiro atoms. The highest BCUT2D eigenvalue weighted by atomic mass is 33.7. The van der Waals surface area contributed by atoms with Gasteiger partial charge in [-0.25, -0.2) is 0 Å². The Hall–Kier alpha value is 3.03. The topological polar surface area (TPSA) is 46.2 Å². The van der Waals surface area contributed by atoms with Gasteiger partial charge in [-0.3, -0.25) is 0 Å². The summed E-state index contributed by atoms with van der Waals surface area (Å²) >= 11 is 0. The van der Waals surface area contributed by atoms with Crippen LogP contribution in [0.4, 0.5) is 0 Å². The highest BCUT2D eigenvalue weighted by molar-refractivity contribution is 9.27. The molecule has 0 saturated heterocycles. The molecule has 15 heteroatoms. The van der Waals surface area contributed by atoms with Gasteiger partial charge in [0, 0.05) is 61.6 Å². The van der Waals surface area contributed by atoms with Crippen LogP contribution in [0.25, 0.3) is 0 Å². The van der Waals surface area contributed by atoms with Gasteiger partial charge in [0.2, 0.25) is 0 Å². The Morgan fingerprint density at radius 2 is 1.06 bits per heavy atom. The van der Waals surface area contributed by atoms with Gasteiger partial charge < -0.3 is 22.1 Å². The molecule has 0 saturated carbocycles. The average molecular weight is 679 g/mol. The lowest BCUT2D eigenvalue weighted by atomic mass is 10.6. The first-order valence-electron chi connectivity index (χ1n) is 12.3. The summed E-state index contributed by atoms with van der Waals surface area (Å²) in [4.78, 5) is 0. The van der Waals surface area contributed by atoms with Gasteiger partial charge in [-0.15, -0.1) is 0 Å². The van der Waals surface area contributed by atoms with E-state index in [2.05, 4.69) is 27.3 Å². The minimum atomic E-state index is -2.48. The van der Waals surface area contributed by atoms with E-state index in [4.69, 9.17) is 22.1 Å². The molecule has 1 unspecified atom stereocenters. The van der Waals surface area contributed by atoms with E-state index in [9.17, 15) is 0 Å². The van der Waals surface area contributed by atoms with Crippen molar-refractivity contribution in [3.8, 4) is 0 Å². The van der Waals surface area contributed by atoms with E-state index in [1.807, 2.05) is 103 Å². The molecule has 0 aliphatic rings. The van der Waals surface area contributed by atoms with Crippen LogP contribution >= 0.6 is 82.5 Å². The summed E-state index contributed by atoms with van der Waals surface area (Å²) in [6, 6.07) is 1.98. The van der Waals surface area contributed by atoms with Gasteiger partial charge in [0.05, 0.1) is 0 Å². The van der Waals surface area contributed by atoms with Gasteiger partial charge in [-0.05, 0) is 99.4 Å². The van der Waals surface area contributed by atoms with Crippen LogP contribution in [0.2, 0.25) is 18.6 Å². The third-order valence-electron chi connectivity index (χ3n) is 4.27. The minimum Gasteiger partial charge on any atom is -0.395 e. The zero-order valence-corrected chi connectivity index (χ0v) is 30.9. The van der Waals surface area contributed by atoms with Crippen molar-refractivity contribution in [2.24, 2.45) is 0 Å². The Morgan fingerprint density at radius 1 is 0.600 bits per heavy atom. The number of hydrogen-bond donors (Lipinski definition) is 0. The summed E-state index contributed by atoms with van der Waals surface area (Å²) in [6.45, 7) is 18.1. The molecule has 1 atom stereocenters. The quantitative estimate of drug-likeness (QED) is 0.0471. The normalized spacial score (nSPS) is 13.5. The molecule has 0 aromatic heterocycles. The molecule has 0 amide bonds. The maximum atomic E-state index is 5.93. The predicted octanol–water partition coefficient (Wildman–Crippen LogP) is 9.70. The fourth-order valence-electron chi connectivity index (χ4n) is 2.96. The molecule has 35 heavy (non-hydrogen) atoms. The van der Waals surface area contributed by atoms with Gasteiger partial charge in [-0.2, -0.15) is 0 Å². The number of hydrogen-bond acceptors (Lipinski definition) is 13. The van der Waals surface area contributed by atoms with E-state index in [0.717, 1.165) is 55.4 Å². The fourth-order valence-corrected chi connectivity index (χ4v) is 21.9. The lowest BCUT2D eigenvalue weighted by molar-refractivity contribution is 0.0712. The molecule has 0 aliphatic carbocycles. The van der Waals surface area contributed by atoms with Crippen LogP contribution in [-0.4, -0.2) is 72.9 Å². The Bertz CT molecular complexity index is 454. The highest BCUT2D eigenvalue weighted by Gasteiger charge is 2.39. The van der Waals surface area contributed by atoms with Gasteiger partial charge in [0.25, 0.3) is 0 Å². The molecule has 0 aromatic rings. The zero-order valence-electron chi connectivity index (χ0n) is 22.4. The molecule has 5 nitrogen and oxygen atoms in total. The molecule has 0 N–H and O–H groups in total. The molecule has 0 aromatic carbocycles. The first-order chi connectivity index (χ1) is 16.9. The van der Waals surface area contributed by atoms with E-state index in [-0.39, 0.29) is 0 Å². The molecule has 0 bridgehead atoms. The summed E-state index contributed by atoms with van der Waals surface area (Å²) in [7, 11) is 11.0. The zero-order chi connectivity index (χ0) is 26.3.